The highest BCUT2D eigenvalue weighted by molar-refractivity contribution is 5.77. The van der Waals surface area contributed by atoms with E-state index in [1.807, 2.05) is 45.0 Å². The maximum absolute atomic E-state index is 11.7. The van der Waals surface area contributed by atoms with Gasteiger partial charge in [0.2, 0.25) is 5.91 Å². The van der Waals surface area contributed by atoms with E-state index in [1.54, 1.807) is 0 Å². The number of aryl methyl sites for hydroxylation is 1. The van der Waals surface area contributed by atoms with Gasteiger partial charge in [-0.15, -0.1) is 0 Å². The molecule has 1 aromatic rings. The SMILES string of the molecule is Cc1ccccc1NC(CN)CC(=O)NC(C)C. The first kappa shape index (κ1) is 14.5. The minimum Gasteiger partial charge on any atom is -0.380 e. The average molecular weight is 249 g/mol. The Kier molecular flexibility index (Phi) is 5.65. The van der Waals surface area contributed by atoms with Crippen LogP contribution in [0.2, 0.25) is 0 Å². The third-order valence-electron chi connectivity index (χ3n) is 2.67. The second kappa shape index (κ2) is 7.01. The van der Waals surface area contributed by atoms with Gasteiger partial charge in [0.1, 0.15) is 0 Å². The maximum Gasteiger partial charge on any atom is 0.222 e. The molecule has 0 aliphatic heterocycles. The van der Waals surface area contributed by atoms with Crippen LogP contribution >= 0.6 is 0 Å². The van der Waals surface area contributed by atoms with Crippen molar-refractivity contribution in [2.45, 2.75) is 39.3 Å². The molecule has 0 fully saturated rings. The molecule has 4 heteroatoms. The molecular weight excluding hydrogens is 226 g/mol. The van der Waals surface area contributed by atoms with Crippen molar-refractivity contribution in [1.82, 2.24) is 5.32 Å². The van der Waals surface area contributed by atoms with Gasteiger partial charge in [-0.1, -0.05) is 18.2 Å². The van der Waals surface area contributed by atoms with E-state index in [4.69, 9.17) is 5.73 Å². The van der Waals surface area contributed by atoms with Crippen LogP contribution in [0.15, 0.2) is 24.3 Å². The summed E-state index contributed by atoms with van der Waals surface area (Å²) in [6.07, 6.45) is 0.392. The molecule has 0 saturated carbocycles. The van der Waals surface area contributed by atoms with E-state index < -0.39 is 0 Å². The summed E-state index contributed by atoms with van der Waals surface area (Å²) in [5, 5.41) is 6.19. The molecule has 18 heavy (non-hydrogen) atoms. The smallest absolute Gasteiger partial charge is 0.222 e. The number of anilines is 1. The number of amides is 1. The lowest BCUT2D eigenvalue weighted by Crippen LogP contribution is -2.38. The monoisotopic (exact) mass is 249 g/mol. The van der Waals surface area contributed by atoms with Crippen LogP contribution in [0.5, 0.6) is 0 Å². The van der Waals surface area contributed by atoms with Gasteiger partial charge < -0.3 is 16.4 Å². The molecule has 0 aliphatic carbocycles. The summed E-state index contributed by atoms with van der Waals surface area (Å²) in [6, 6.07) is 8.11. The average Bonchev–Trinajstić information content (AvgIpc) is 2.30. The standard InChI is InChI=1S/C14H23N3O/c1-10(2)16-14(18)8-12(9-15)17-13-7-5-4-6-11(13)3/h4-7,10,12,17H,8-9,15H2,1-3H3,(H,16,18). The molecule has 0 saturated heterocycles. The molecule has 0 spiro atoms. The molecule has 4 nitrogen and oxygen atoms in total. The van der Waals surface area contributed by atoms with E-state index in [2.05, 4.69) is 10.6 Å². The highest BCUT2D eigenvalue weighted by Gasteiger charge is 2.13. The largest absolute Gasteiger partial charge is 0.380 e. The van der Waals surface area contributed by atoms with Gasteiger partial charge in [0.05, 0.1) is 0 Å². The fraction of sp³-hybridized carbons (Fsp3) is 0.500. The molecular formula is C14H23N3O. The van der Waals surface area contributed by atoms with Crippen molar-refractivity contribution in [3.8, 4) is 0 Å². The van der Waals surface area contributed by atoms with Crippen molar-refractivity contribution in [1.29, 1.82) is 0 Å². The van der Waals surface area contributed by atoms with Crippen LogP contribution in [0.1, 0.15) is 25.8 Å². The van der Waals surface area contributed by atoms with Crippen LogP contribution in [-0.4, -0.2) is 24.5 Å². The second-order valence-corrected chi connectivity index (χ2v) is 4.82. The zero-order valence-electron chi connectivity index (χ0n) is 11.4. The van der Waals surface area contributed by atoms with Crippen molar-refractivity contribution in [3.63, 3.8) is 0 Å². The molecule has 4 N–H and O–H groups in total. The van der Waals surface area contributed by atoms with Gasteiger partial charge in [-0.2, -0.15) is 0 Å². The van der Waals surface area contributed by atoms with Crippen molar-refractivity contribution in [3.05, 3.63) is 29.8 Å². The van der Waals surface area contributed by atoms with E-state index >= 15 is 0 Å². The molecule has 0 aliphatic rings. The van der Waals surface area contributed by atoms with E-state index in [1.165, 1.54) is 0 Å². The van der Waals surface area contributed by atoms with Crippen molar-refractivity contribution < 1.29 is 4.79 Å². The van der Waals surface area contributed by atoms with E-state index in [0.717, 1.165) is 11.3 Å². The lowest BCUT2D eigenvalue weighted by atomic mass is 10.1. The Balaban J connectivity index is 2.57. The quantitative estimate of drug-likeness (QED) is 0.718. The molecule has 1 unspecified atom stereocenters. The summed E-state index contributed by atoms with van der Waals surface area (Å²) in [5.41, 5.74) is 7.89. The predicted molar refractivity (Wildman–Crippen MR) is 75.5 cm³/mol. The number of para-hydroxylation sites is 1. The Bertz CT molecular complexity index is 390. The third-order valence-corrected chi connectivity index (χ3v) is 2.67. The molecule has 1 atom stereocenters. The number of nitrogens with one attached hydrogen (secondary N) is 2. The van der Waals surface area contributed by atoms with Gasteiger partial charge in [0.15, 0.2) is 0 Å². The van der Waals surface area contributed by atoms with Gasteiger partial charge in [-0.25, -0.2) is 0 Å². The van der Waals surface area contributed by atoms with E-state index in [9.17, 15) is 4.79 Å². The molecule has 0 radical (unpaired) electrons. The Morgan fingerprint density at radius 1 is 1.33 bits per heavy atom. The summed E-state index contributed by atoms with van der Waals surface area (Å²) < 4.78 is 0. The number of nitrogens with two attached hydrogens (primary N) is 1. The van der Waals surface area contributed by atoms with Crippen LogP contribution < -0.4 is 16.4 Å². The number of rotatable bonds is 6. The molecule has 1 aromatic carbocycles. The normalized spacial score (nSPS) is 12.3. The van der Waals surface area contributed by atoms with Gasteiger partial charge >= 0.3 is 0 Å². The Hall–Kier alpha value is -1.55. The minimum absolute atomic E-state index is 0.0292. The fourth-order valence-corrected chi connectivity index (χ4v) is 1.75. The first-order valence-corrected chi connectivity index (χ1v) is 6.34. The zero-order chi connectivity index (χ0) is 13.5. The summed E-state index contributed by atoms with van der Waals surface area (Å²) in [5.74, 6) is 0.0292. The van der Waals surface area contributed by atoms with Crippen molar-refractivity contribution >= 4 is 11.6 Å². The van der Waals surface area contributed by atoms with Crippen LogP contribution in [0.25, 0.3) is 0 Å². The summed E-state index contributed by atoms with van der Waals surface area (Å²) in [7, 11) is 0. The topological polar surface area (TPSA) is 67.1 Å². The van der Waals surface area contributed by atoms with E-state index in [0.29, 0.717) is 13.0 Å². The Morgan fingerprint density at radius 2 is 2.00 bits per heavy atom. The van der Waals surface area contributed by atoms with Gasteiger partial charge in [-0.3, -0.25) is 4.79 Å². The molecule has 100 valence electrons. The van der Waals surface area contributed by atoms with E-state index in [-0.39, 0.29) is 18.0 Å². The highest BCUT2D eigenvalue weighted by Crippen LogP contribution is 2.15. The maximum atomic E-state index is 11.7. The van der Waals surface area contributed by atoms with Crippen LogP contribution in [0.4, 0.5) is 5.69 Å². The summed E-state index contributed by atoms with van der Waals surface area (Å²) in [6.45, 7) is 6.36. The fourth-order valence-electron chi connectivity index (χ4n) is 1.75. The number of carbonyl (C=O) groups excluding carboxylic acids is 1. The van der Waals surface area contributed by atoms with Gasteiger partial charge in [-0.05, 0) is 32.4 Å². The van der Waals surface area contributed by atoms with Crippen LogP contribution in [-0.2, 0) is 4.79 Å². The molecule has 0 aromatic heterocycles. The lowest BCUT2D eigenvalue weighted by molar-refractivity contribution is -0.121. The molecule has 1 rings (SSSR count). The number of carbonyl (C=O) groups is 1. The number of benzene rings is 1. The van der Waals surface area contributed by atoms with Gasteiger partial charge in [0, 0.05) is 30.7 Å². The first-order chi connectivity index (χ1) is 8.52. The Labute approximate surface area is 109 Å². The predicted octanol–water partition coefficient (Wildman–Crippen LogP) is 1.65. The zero-order valence-corrected chi connectivity index (χ0v) is 11.4. The highest BCUT2D eigenvalue weighted by atomic mass is 16.1. The molecule has 0 heterocycles. The number of hydrogen-bond donors (Lipinski definition) is 3. The first-order valence-electron chi connectivity index (χ1n) is 6.34. The van der Waals surface area contributed by atoms with Crippen LogP contribution in [0.3, 0.4) is 0 Å². The lowest BCUT2D eigenvalue weighted by Gasteiger charge is -2.20. The molecule has 0 bridgehead atoms. The molecule has 1 amide bonds. The van der Waals surface area contributed by atoms with Crippen LogP contribution in [0, 0.1) is 6.92 Å². The van der Waals surface area contributed by atoms with Crippen molar-refractivity contribution in [2.75, 3.05) is 11.9 Å². The van der Waals surface area contributed by atoms with Gasteiger partial charge in [0.25, 0.3) is 0 Å². The van der Waals surface area contributed by atoms with Crippen molar-refractivity contribution in [2.24, 2.45) is 5.73 Å². The summed E-state index contributed by atoms with van der Waals surface area (Å²) >= 11 is 0. The second-order valence-electron chi connectivity index (χ2n) is 4.82. The third kappa shape index (κ3) is 4.75. The summed E-state index contributed by atoms with van der Waals surface area (Å²) in [4.78, 5) is 11.7. The minimum atomic E-state index is -0.0372. The Morgan fingerprint density at radius 3 is 2.56 bits per heavy atom. The number of hydrogen-bond acceptors (Lipinski definition) is 3.